The number of hydrogen-bond donors (Lipinski definition) is 3. The molecule has 1 amide bonds. The third-order valence-corrected chi connectivity index (χ3v) is 5.63. The van der Waals surface area contributed by atoms with Gasteiger partial charge in [-0.3, -0.25) is 4.79 Å². The lowest BCUT2D eigenvalue weighted by Gasteiger charge is -2.33. The maximum atomic E-state index is 12.0. The van der Waals surface area contributed by atoms with Gasteiger partial charge in [-0.15, -0.1) is 0 Å². The molecule has 1 aromatic carbocycles. The number of para-hydroxylation sites is 1. The van der Waals surface area contributed by atoms with E-state index in [0.717, 1.165) is 43.1 Å². The van der Waals surface area contributed by atoms with E-state index < -0.39 is 5.91 Å². The molecule has 3 aromatic rings. The van der Waals surface area contributed by atoms with Gasteiger partial charge in [0.1, 0.15) is 11.6 Å². The Morgan fingerprint density at radius 3 is 2.45 bits per heavy atom. The molecule has 9 nitrogen and oxygen atoms in total. The number of aromatic nitrogens is 2. The number of primary amides is 1. The summed E-state index contributed by atoms with van der Waals surface area (Å²) in [5, 5.41) is 6.50. The zero-order chi connectivity index (χ0) is 23.2. The predicted molar refractivity (Wildman–Crippen MR) is 130 cm³/mol. The van der Waals surface area contributed by atoms with E-state index in [1.165, 1.54) is 6.20 Å². The molecule has 4 N–H and O–H groups in total. The Hall–Kier alpha value is -3.69. The first-order chi connectivity index (χ1) is 16.0. The van der Waals surface area contributed by atoms with E-state index in [0.29, 0.717) is 29.5 Å². The molecule has 0 atom stereocenters. The smallest absolute Gasteiger partial charge is 0.252 e. The second-order valence-electron chi connectivity index (χ2n) is 8.01. The van der Waals surface area contributed by atoms with E-state index in [-0.39, 0.29) is 0 Å². The van der Waals surface area contributed by atoms with Gasteiger partial charge in [-0.2, -0.15) is 0 Å². The van der Waals surface area contributed by atoms with Gasteiger partial charge in [0.15, 0.2) is 0 Å². The minimum absolute atomic E-state index is 0.297. The minimum atomic E-state index is -0.560. The number of carbonyl (C=O) groups excluding carboxylic acids is 1. The first-order valence-corrected chi connectivity index (χ1v) is 10.8. The van der Waals surface area contributed by atoms with Crippen molar-refractivity contribution < 1.29 is 9.53 Å². The second kappa shape index (κ2) is 10.3. The van der Waals surface area contributed by atoms with Gasteiger partial charge >= 0.3 is 0 Å². The topological polar surface area (TPSA) is 109 Å². The Morgan fingerprint density at radius 1 is 1.00 bits per heavy atom. The fourth-order valence-corrected chi connectivity index (χ4v) is 3.74. The van der Waals surface area contributed by atoms with E-state index in [4.69, 9.17) is 10.5 Å². The first kappa shape index (κ1) is 22.5. The third-order valence-electron chi connectivity index (χ3n) is 5.63. The molecule has 0 spiro atoms. The largest absolute Gasteiger partial charge is 0.380 e. The highest BCUT2D eigenvalue weighted by molar-refractivity contribution is 5.99. The average Bonchev–Trinajstić information content (AvgIpc) is 2.82. The van der Waals surface area contributed by atoms with Crippen molar-refractivity contribution in [2.75, 3.05) is 55.9 Å². The normalized spacial score (nSPS) is 14.2. The van der Waals surface area contributed by atoms with Crippen LogP contribution in [0.1, 0.15) is 15.9 Å². The number of likely N-dealkylation sites (N-methyl/N-ethyl adjacent to an activating group) is 1. The Balaban J connectivity index is 1.52. The number of amides is 1. The van der Waals surface area contributed by atoms with E-state index in [9.17, 15) is 4.79 Å². The third kappa shape index (κ3) is 5.57. The number of rotatable bonds is 8. The van der Waals surface area contributed by atoms with Gasteiger partial charge < -0.3 is 30.9 Å². The number of carbonyl (C=O) groups is 1. The van der Waals surface area contributed by atoms with Crippen molar-refractivity contribution in [2.45, 2.75) is 6.61 Å². The molecule has 1 saturated heterocycles. The molecular weight excluding hydrogens is 418 g/mol. The predicted octanol–water partition coefficient (Wildman–Crippen LogP) is 2.96. The Morgan fingerprint density at radius 2 is 1.76 bits per heavy atom. The second-order valence-corrected chi connectivity index (χ2v) is 8.01. The SMILES string of the molecule is COCc1ccccc1Nc1cc(Nc2ccc(N3CCN(C)CC3)cn2)ncc1C(N)=O. The number of pyridine rings is 2. The quantitative estimate of drug-likeness (QED) is 0.484. The van der Waals surface area contributed by atoms with Crippen LogP contribution in [0.25, 0.3) is 0 Å². The number of nitrogens with two attached hydrogens (primary N) is 1. The zero-order valence-corrected chi connectivity index (χ0v) is 18.9. The van der Waals surface area contributed by atoms with Crippen LogP contribution in [0.3, 0.4) is 0 Å². The van der Waals surface area contributed by atoms with Crippen molar-refractivity contribution in [2.24, 2.45) is 5.73 Å². The molecule has 0 aliphatic carbocycles. The summed E-state index contributed by atoms with van der Waals surface area (Å²) in [4.78, 5) is 25.5. The fourth-order valence-electron chi connectivity index (χ4n) is 3.74. The summed E-state index contributed by atoms with van der Waals surface area (Å²) in [6.07, 6.45) is 3.33. The Kier molecular flexibility index (Phi) is 7.01. The van der Waals surface area contributed by atoms with Gasteiger partial charge in [0.2, 0.25) is 0 Å². The molecule has 2 aromatic heterocycles. The lowest BCUT2D eigenvalue weighted by Crippen LogP contribution is -2.44. The number of nitrogens with one attached hydrogen (secondary N) is 2. The summed E-state index contributed by atoms with van der Waals surface area (Å²) in [5.74, 6) is 0.653. The summed E-state index contributed by atoms with van der Waals surface area (Å²) in [6, 6.07) is 13.5. The van der Waals surface area contributed by atoms with Gasteiger partial charge in [-0.25, -0.2) is 9.97 Å². The van der Waals surface area contributed by atoms with Crippen LogP contribution >= 0.6 is 0 Å². The van der Waals surface area contributed by atoms with Crippen LogP contribution < -0.4 is 21.3 Å². The van der Waals surface area contributed by atoms with Crippen molar-refractivity contribution in [1.29, 1.82) is 0 Å². The lowest BCUT2D eigenvalue weighted by atomic mass is 10.1. The van der Waals surface area contributed by atoms with Crippen molar-refractivity contribution in [3.8, 4) is 0 Å². The van der Waals surface area contributed by atoms with Gasteiger partial charge in [0.05, 0.1) is 29.7 Å². The van der Waals surface area contributed by atoms with Crippen molar-refractivity contribution in [1.82, 2.24) is 14.9 Å². The summed E-state index contributed by atoms with van der Waals surface area (Å²) < 4.78 is 5.27. The molecule has 9 heteroatoms. The van der Waals surface area contributed by atoms with Crippen molar-refractivity contribution >= 4 is 34.6 Å². The molecule has 3 heterocycles. The molecule has 4 rings (SSSR count). The maximum Gasteiger partial charge on any atom is 0.252 e. The van der Waals surface area contributed by atoms with Crippen molar-refractivity contribution in [3.63, 3.8) is 0 Å². The number of methoxy groups -OCH3 is 1. The summed E-state index contributed by atoms with van der Waals surface area (Å²) in [6.45, 7) is 4.50. The lowest BCUT2D eigenvalue weighted by molar-refractivity contribution is 0.100. The molecule has 1 aliphatic rings. The fraction of sp³-hybridized carbons (Fsp3) is 0.292. The van der Waals surface area contributed by atoms with Gasteiger partial charge in [-0.05, 0) is 25.2 Å². The number of anilines is 5. The molecule has 0 unspecified atom stereocenters. The van der Waals surface area contributed by atoms with E-state index >= 15 is 0 Å². The molecule has 33 heavy (non-hydrogen) atoms. The van der Waals surface area contributed by atoms with E-state index in [1.807, 2.05) is 36.5 Å². The number of benzene rings is 1. The van der Waals surface area contributed by atoms with Crippen LogP contribution in [0, 0.1) is 0 Å². The highest BCUT2D eigenvalue weighted by atomic mass is 16.5. The molecule has 1 aliphatic heterocycles. The molecule has 1 fully saturated rings. The molecule has 0 radical (unpaired) electrons. The Labute approximate surface area is 193 Å². The van der Waals surface area contributed by atoms with Crippen LogP contribution in [0.15, 0.2) is 54.9 Å². The standard InChI is InChI=1S/C24H29N7O2/c1-30-9-11-31(12-10-30)18-7-8-22(26-14-18)29-23-13-21(19(15-27-23)24(25)32)28-20-6-4-3-5-17(20)16-33-2/h3-8,13-15H,9-12,16H2,1-2H3,(H2,25,32)(H2,26,27,28,29). The molecule has 0 saturated carbocycles. The Bertz CT molecular complexity index is 1100. The number of piperazine rings is 1. The minimum Gasteiger partial charge on any atom is -0.380 e. The number of ether oxygens (including phenoxy) is 1. The number of hydrogen-bond acceptors (Lipinski definition) is 8. The first-order valence-electron chi connectivity index (χ1n) is 10.8. The van der Waals surface area contributed by atoms with Crippen LogP contribution in [0.2, 0.25) is 0 Å². The monoisotopic (exact) mass is 447 g/mol. The van der Waals surface area contributed by atoms with Crippen LogP contribution in [-0.2, 0) is 11.3 Å². The summed E-state index contributed by atoms with van der Waals surface area (Å²) in [7, 11) is 3.78. The number of nitrogens with zero attached hydrogens (tertiary/aromatic N) is 4. The zero-order valence-electron chi connectivity index (χ0n) is 18.9. The van der Waals surface area contributed by atoms with E-state index in [2.05, 4.69) is 43.5 Å². The van der Waals surface area contributed by atoms with E-state index in [1.54, 1.807) is 13.2 Å². The van der Waals surface area contributed by atoms with Crippen LogP contribution in [0.5, 0.6) is 0 Å². The average molecular weight is 448 g/mol. The van der Waals surface area contributed by atoms with Gasteiger partial charge in [0.25, 0.3) is 5.91 Å². The summed E-state index contributed by atoms with van der Waals surface area (Å²) in [5.41, 5.74) is 9.32. The van der Waals surface area contributed by atoms with Crippen LogP contribution in [0.4, 0.5) is 28.7 Å². The van der Waals surface area contributed by atoms with Gasteiger partial charge in [-0.1, -0.05) is 18.2 Å². The van der Waals surface area contributed by atoms with Crippen molar-refractivity contribution in [3.05, 3.63) is 66.0 Å². The molecule has 172 valence electrons. The maximum absolute atomic E-state index is 12.0. The highest BCUT2D eigenvalue weighted by Gasteiger charge is 2.15. The molecule has 0 bridgehead atoms. The summed E-state index contributed by atoms with van der Waals surface area (Å²) >= 11 is 0. The molecular formula is C24H29N7O2. The highest BCUT2D eigenvalue weighted by Crippen LogP contribution is 2.27. The van der Waals surface area contributed by atoms with Gasteiger partial charge in [0, 0.05) is 56.8 Å². The van der Waals surface area contributed by atoms with Crippen LogP contribution in [-0.4, -0.2) is 61.1 Å².